The second kappa shape index (κ2) is 5.38. The minimum atomic E-state index is 0.393. The van der Waals surface area contributed by atoms with E-state index in [1.807, 2.05) is 0 Å². The molecule has 1 N–H and O–H groups in total. The summed E-state index contributed by atoms with van der Waals surface area (Å²) < 4.78 is 0. The molecule has 0 saturated heterocycles. The SMILES string of the molecule is CN(CC1(N(C)C)CCC1)c1cccc2c1CCNC2. The van der Waals surface area contributed by atoms with Crippen molar-refractivity contribution in [2.24, 2.45) is 0 Å². The molecule has 110 valence electrons. The Morgan fingerprint density at radius 3 is 2.65 bits per heavy atom. The number of nitrogens with zero attached hydrogens (tertiary/aromatic N) is 2. The maximum Gasteiger partial charge on any atom is 0.0400 e. The molecule has 20 heavy (non-hydrogen) atoms. The summed E-state index contributed by atoms with van der Waals surface area (Å²) in [6.45, 7) is 3.27. The van der Waals surface area contributed by atoms with Gasteiger partial charge in [-0.25, -0.2) is 0 Å². The maximum atomic E-state index is 3.47. The molecule has 1 saturated carbocycles. The van der Waals surface area contributed by atoms with Gasteiger partial charge in [0.15, 0.2) is 0 Å². The van der Waals surface area contributed by atoms with E-state index >= 15 is 0 Å². The van der Waals surface area contributed by atoms with E-state index in [9.17, 15) is 0 Å². The van der Waals surface area contributed by atoms with E-state index in [0.29, 0.717) is 5.54 Å². The molecule has 3 nitrogen and oxygen atoms in total. The molecule has 0 amide bonds. The van der Waals surface area contributed by atoms with Crippen molar-refractivity contribution < 1.29 is 0 Å². The van der Waals surface area contributed by atoms with Crippen LogP contribution in [-0.4, -0.2) is 44.7 Å². The Morgan fingerprint density at radius 1 is 1.20 bits per heavy atom. The summed E-state index contributed by atoms with van der Waals surface area (Å²) in [6, 6.07) is 6.77. The van der Waals surface area contributed by atoms with Crippen molar-refractivity contribution in [3.05, 3.63) is 29.3 Å². The lowest BCUT2D eigenvalue weighted by atomic mass is 9.75. The Morgan fingerprint density at radius 2 is 2.00 bits per heavy atom. The topological polar surface area (TPSA) is 18.5 Å². The Bertz CT molecular complexity index is 477. The van der Waals surface area contributed by atoms with Gasteiger partial charge in [-0.1, -0.05) is 12.1 Å². The third kappa shape index (κ3) is 2.33. The van der Waals surface area contributed by atoms with Crippen LogP contribution in [0.3, 0.4) is 0 Å². The van der Waals surface area contributed by atoms with Gasteiger partial charge < -0.3 is 15.1 Å². The first-order chi connectivity index (χ1) is 9.62. The molecule has 3 rings (SSSR count). The van der Waals surface area contributed by atoms with Gasteiger partial charge in [-0.05, 0) is 63.5 Å². The standard InChI is InChI=1S/C17H27N3/c1-19(2)17(9-5-10-17)13-20(3)16-7-4-6-14-12-18-11-8-15(14)16/h4,6-7,18H,5,8-13H2,1-3H3. The molecule has 0 unspecified atom stereocenters. The van der Waals surface area contributed by atoms with Crippen LogP contribution in [-0.2, 0) is 13.0 Å². The Kier molecular flexibility index (Phi) is 3.74. The van der Waals surface area contributed by atoms with Crippen molar-refractivity contribution in [3.8, 4) is 0 Å². The quantitative estimate of drug-likeness (QED) is 0.908. The highest BCUT2D eigenvalue weighted by Crippen LogP contribution is 2.38. The lowest BCUT2D eigenvalue weighted by molar-refractivity contribution is 0.0683. The summed E-state index contributed by atoms with van der Waals surface area (Å²) in [6.07, 6.45) is 5.20. The van der Waals surface area contributed by atoms with Crippen LogP contribution >= 0.6 is 0 Å². The summed E-state index contributed by atoms with van der Waals surface area (Å²) in [4.78, 5) is 4.92. The molecule has 1 aliphatic carbocycles. The largest absolute Gasteiger partial charge is 0.373 e. The molecular formula is C17H27N3. The summed E-state index contributed by atoms with van der Waals surface area (Å²) in [7, 11) is 6.73. The van der Waals surface area contributed by atoms with Gasteiger partial charge in [0.25, 0.3) is 0 Å². The number of nitrogens with one attached hydrogen (secondary N) is 1. The van der Waals surface area contributed by atoms with Crippen LogP contribution in [0.25, 0.3) is 0 Å². The molecule has 0 aromatic heterocycles. The first-order valence-electron chi connectivity index (χ1n) is 7.82. The van der Waals surface area contributed by atoms with Crippen molar-refractivity contribution in [3.63, 3.8) is 0 Å². The molecule has 0 bridgehead atoms. The van der Waals surface area contributed by atoms with Crippen LogP contribution in [0.5, 0.6) is 0 Å². The first kappa shape index (κ1) is 13.9. The molecule has 1 fully saturated rings. The Balaban J connectivity index is 1.82. The molecule has 1 aromatic rings. The number of rotatable bonds is 4. The average molecular weight is 273 g/mol. The van der Waals surface area contributed by atoms with Gasteiger partial charge >= 0.3 is 0 Å². The molecule has 1 heterocycles. The molecule has 0 radical (unpaired) electrons. The fraction of sp³-hybridized carbons (Fsp3) is 0.647. The number of hydrogen-bond donors (Lipinski definition) is 1. The Labute approximate surface area is 123 Å². The zero-order valence-corrected chi connectivity index (χ0v) is 13.1. The van der Waals surface area contributed by atoms with E-state index < -0.39 is 0 Å². The lowest BCUT2D eigenvalue weighted by Gasteiger charge is -2.50. The number of fused-ring (bicyclic) bond motifs is 1. The predicted molar refractivity (Wildman–Crippen MR) is 85.4 cm³/mol. The summed E-state index contributed by atoms with van der Waals surface area (Å²) >= 11 is 0. The summed E-state index contributed by atoms with van der Waals surface area (Å²) in [5.74, 6) is 0. The number of anilines is 1. The minimum Gasteiger partial charge on any atom is -0.373 e. The van der Waals surface area contributed by atoms with Crippen LogP contribution < -0.4 is 10.2 Å². The number of likely N-dealkylation sites (N-methyl/N-ethyl adjacent to an activating group) is 2. The smallest absolute Gasteiger partial charge is 0.0400 e. The van der Waals surface area contributed by atoms with E-state index in [1.165, 1.54) is 30.5 Å². The normalized spacial score (nSPS) is 20.4. The van der Waals surface area contributed by atoms with Crippen LogP contribution in [0.1, 0.15) is 30.4 Å². The fourth-order valence-electron chi connectivity index (χ4n) is 3.73. The van der Waals surface area contributed by atoms with Gasteiger partial charge in [-0.2, -0.15) is 0 Å². The van der Waals surface area contributed by atoms with Gasteiger partial charge in [0.2, 0.25) is 0 Å². The lowest BCUT2D eigenvalue weighted by Crippen LogP contribution is -2.56. The number of benzene rings is 1. The molecule has 0 spiro atoms. The molecule has 3 heteroatoms. The molecule has 1 aromatic carbocycles. The Hall–Kier alpha value is -1.06. The number of hydrogen-bond acceptors (Lipinski definition) is 3. The fourth-order valence-corrected chi connectivity index (χ4v) is 3.73. The van der Waals surface area contributed by atoms with E-state index in [2.05, 4.69) is 54.5 Å². The highest BCUT2D eigenvalue weighted by atomic mass is 15.2. The van der Waals surface area contributed by atoms with Crippen molar-refractivity contribution in [1.29, 1.82) is 0 Å². The predicted octanol–water partition coefficient (Wildman–Crippen LogP) is 2.25. The third-order valence-electron chi connectivity index (χ3n) is 5.29. The van der Waals surface area contributed by atoms with Crippen molar-refractivity contribution in [2.75, 3.05) is 39.1 Å². The second-order valence-corrected chi connectivity index (χ2v) is 6.67. The molecule has 1 aliphatic heterocycles. The van der Waals surface area contributed by atoms with Gasteiger partial charge in [0, 0.05) is 31.4 Å². The van der Waals surface area contributed by atoms with Crippen LogP contribution in [0.2, 0.25) is 0 Å². The van der Waals surface area contributed by atoms with E-state index in [0.717, 1.165) is 26.1 Å². The van der Waals surface area contributed by atoms with Gasteiger partial charge in [-0.3, -0.25) is 0 Å². The first-order valence-corrected chi connectivity index (χ1v) is 7.82. The summed E-state index contributed by atoms with van der Waals surface area (Å²) in [5.41, 5.74) is 4.87. The average Bonchev–Trinajstić information content (AvgIpc) is 2.41. The van der Waals surface area contributed by atoms with Gasteiger partial charge in [0.05, 0.1) is 0 Å². The highest BCUT2D eigenvalue weighted by Gasteiger charge is 2.40. The molecular weight excluding hydrogens is 246 g/mol. The van der Waals surface area contributed by atoms with Crippen molar-refractivity contribution >= 4 is 5.69 Å². The molecule has 0 atom stereocenters. The van der Waals surface area contributed by atoms with Gasteiger partial charge in [-0.15, -0.1) is 0 Å². The molecule has 2 aliphatic rings. The van der Waals surface area contributed by atoms with Crippen LogP contribution in [0.15, 0.2) is 18.2 Å². The minimum absolute atomic E-state index is 0.393. The van der Waals surface area contributed by atoms with E-state index in [1.54, 1.807) is 5.56 Å². The highest BCUT2D eigenvalue weighted by molar-refractivity contribution is 5.57. The van der Waals surface area contributed by atoms with Crippen LogP contribution in [0.4, 0.5) is 5.69 Å². The zero-order chi connectivity index (χ0) is 14.2. The maximum absolute atomic E-state index is 3.47. The van der Waals surface area contributed by atoms with Crippen molar-refractivity contribution in [2.45, 2.75) is 37.8 Å². The zero-order valence-electron chi connectivity index (χ0n) is 13.1. The van der Waals surface area contributed by atoms with E-state index in [-0.39, 0.29) is 0 Å². The monoisotopic (exact) mass is 273 g/mol. The van der Waals surface area contributed by atoms with Crippen LogP contribution in [0, 0.1) is 0 Å². The van der Waals surface area contributed by atoms with Gasteiger partial charge in [0.1, 0.15) is 0 Å². The van der Waals surface area contributed by atoms with Crippen molar-refractivity contribution in [1.82, 2.24) is 10.2 Å². The summed E-state index contributed by atoms with van der Waals surface area (Å²) in [5, 5.41) is 3.47. The van der Waals surface area contributed by atoms with E-state index in [4.69, 9.17) is 0 Å². The third-order valence-corrected chi connectivity index (χ3v) is 5.29. The second-order valence-electron chi connectivity index (χ2n) is 6.67.